The number of nitrogens with zero attached hydrogens (tertiary/aromatic N) is 1. The van der Waals surface area contributed by atoms with Gasteiger partial charge in [0.15, 0.2) is 22.3 Å². The Labute approximate surface area is 147 Å². The summed E-state index contributed by atoms with van der Waals surface area (Å²) in [7, 11) is 1.67. The molecule has 2 aliphatic rings. The Kier molecular flexibility index (Phi) is 3.42. The third-order valence-electron chi connectivity index (χ3n) is 4.84. The first-order valence-electron chi connectivity index (χ1n) is 8.06. The van der Waals surface area contributed by atoms with E-state index in [2.05, 4.69) is 42.3 Å². The standard InChI is InChI=1S/C19H20N2O2S/c1-12-7-4-5-9-15(12)21-18(24)20-14-11-19(21,2)23-17-13(14)8-6-10-16(17)22-3/h4-10,14H,11H2,1-3H3,(H,20,24)/t14-,19+/m1/s1. The average Bonchev–Trinajstić information content (AvgIpc) is 2.55. The second-order valence-corrected chi connectivity index (χ2v) is 6.87. The number of thiocarbonyl (C=S) groups is 1. The van der Waals surface area contributed by atoms with Crippen molar-refractivity contribution in [2.75, 3.05) is 12.0 Å². The zero-order valence-corrected chi connectivity index (χ0v) is 14.8. The van der Waals surface area contributed by atoms with Gasteiger partial charge >= 0.3 is 0 Å². The molecule has 4 rings (SSSR count). The molecule has 124 valence electrons. The second kappa shape index (κ2) is 5.38. The molecule has 0 saturated carbocycles. The average molecular weight is 340 g/mol. The van der Waals surface area contributed by atoms with Crippen LogP contribution in [0, 0.1) is 6.92 Å². The molecular formula is C19H20N2O2S. The quantitative estimate of drug-likeness (QED) is 0.838. The van der Waals surface area contributed by atoms with E-state index in [0.717, 1.165) is 34.7 Å². The predicted molar refractivity (Wildman–Crippen MR) is 98.8 cm³/mol. The number of nitrogens with one attached hydrogen (secondary N) is 1. The third kappa shape index (κ3) is 2.15. The Morgan fingerprint density at radius 2 is 2.04 bits per heavy atom. The van der Waals surface area contributed by atoms with Crippen molar-refractivity contribution in [1.82, 2.24) is 5.32 Å². The van der Waals surface area contributed by atoms with E-state index >= 15 is 0 Å². The molecule has 0 amide bonds. The van der Waals surface area contributed by atoms with Crippen LogP contribution >= 0.6 is 12.2 Å². The van der Waals surface area contributed by atoms with E-state index in [1.165, 1.54) is 0 Å². The van der Waals surface area contributed by atoms with Crippen LogP contribution in [0.25, 0.3) is 0 Å². The van der Waals surface area contributed by atoms with Crippen LogP contribution in [-0.4, -0.2) is 17.9 Å². The summed E-state index contributed by atoms with van der Waals surface area (Å²) in [5, 5.41) is 4.17. The molecule has 2 heterocycles. The highest BCUT2D eigenvalue weighted by atomic mass is 32.1. The lowest BCUT2D eigenvalue weighted by molar-refractivity contribution is 0.0463. The van der Waals surface area contributed by atoms with Crippen LogP contribution in [-0.2, 0) is 0 Å². The Morgan fingerprint density at radius 1 is 1.25 bits per heavy atom. The SMILES string of the molecule is COc1cccc2c1O[C@@]1(C)C[C@H]2NC(=S)N1c1ccccc1C. The van der Waals surface area contributed by atoms with Gasteiger partial charge in [0, 0.05) is 17.7 Å². The monoisotopic (exact) mass is 340 g/mol. The van der Waals surface area contributed by atoms with E-state index in [1.54, 1.807) is 7.11 Å². The fourth-order valence-corrected chi connectivity index (χ4v) is 4.13. The number of para-hydroxylation sites is 2. The van der Waals surface area contributed by atoms with Gasteiger partial charge in [0.05, 0.1) is 13.2 Å². The number of methoxy groups -OCH3 is 1. The lowest BCUT2D eigenvalue weighted by atomic mass is 9.89. The van der Waals surface area contributed by atoms with Crippen LogP contribution < -0.4 is 19.7 Å². The number of ether oxygens (including phenoxy) is 2. The van der Waals surface area contributed by atoms with Gasteiger partial charge in [-0.05, 0) is 43.8 Å². The zero-order valence-electron chi connectivity index (χ0n) is 14.0. The molecule has 4 nitrogen and oxygen atoms in total. The van der Waals surface area contributed by atoms with Gasteiger partial charge in [0.25, 0.3) is 0 Å². The maximum atomic E-state index is 6.48. The Balaban J connectivity index is 1.85. The van der Waals surface area contributed by atoms with Gasteiger partial charge in [0.2, 0.25) is 0 Å². The first kappa shape index (κ1) is 15.3. The fourth-order valence-electron chi connectivity index (χ4n) is 3.70. The fraction of sp³-hybridized carbons (Fsp3) is 0.316. The summed E-state index contributed by atoms with van der Waals surface area (Å²) < 4.78 is 12.0. The molecule has 0 aromatic heterocycles. The number of hydrogen-bond donors (Lipinski definition) is 1. The number of benzene rings is 2. The molecule has 1 saturated heterocycles. The summed E-state index contributed by atoms with van der Waals surface area (Å²) in [6, 6.07) is 14.3. The molecule has 2 bridgehead atoms. The molecule has 0 radical (unpaired) electrons. The van der Waals surface area contributed by atoms with Gasteiger partial charge in [-0.3, -0.25) is 4.90 Å². The van der Waals surface area contributed by atoms with E-state index in [9.17, 15) is 0 Å². The van der Waals surface area contributed by atoms with E-state index in [4.69, 9.17) is 21.7 Å². The first-order chi connectivity index (χ1) is 11.5. The predicted octanol–water partition coefficient (Wildman–Crippen LogP) is 3.94. The molecule has 2 atom stereocenters. The molecule has 0 aliphatic carbocycles. The number of aryl methyl sites for hydroxylation is 1. The summed E-state index contributed by atoms with van der Waals surface area (Å²) in [4.78, 5) is 2.09. The van der Waals surface area contributed by atoms with Crippen molar-refractivity contribution in [2.45, 2.75) is 32.0 Å². The van der Waals surface area contributed by atoms with E-state index in [-0.39, 0.29) is 6.04 Å². The highest BCUT2D eigenvalue weighted by Gasteiger charge is 2.49. The number of rotatable bonds is 2. The summed E-state index contributed by atoms with van der Waals surface area (Å²) in [6.07, 6.45) is 0.807. The van der Waals surface area contributed by atoms with E-state index in [0.29, 0.717) is 5.11 Å². The zero-order chi connectivity index (χ0) is 16.9. The lowest BCUT2D eigenvalue weighted by Crippen LogP contribution is -2.65. The maximum Gasteiger partial charge on any atom is 0.188 e. The van der Waals surface area contributed by atoms with Crippen LogP contribution in [0.4, 0.5) is 5.69 Å². The highest BCUT2D eigenvalue weighted by molar-refractivity contribution is 7.80. The number of hydrogen-bond acceptors (Lipinski definition) is 3. The van der Waals surface area contributed by atoms with Gasteiger partial charge in [0.1, 0.15) is 0 Å². The van der Waals surface area contributed by atoms with Crippen molar-refractivity contribution >= 4 is 23.0 Å². The molecule has 5 heteroatoms. The Bertz CT molecular complexity index is 823. The molecule has 2 aliphatic heterocycles. The topological polar surface area (TPSA) is 33.7 Å². The van der Waals surface area contributed by atoms with Gasteiger partial charge in [-0.1, -0.05) is 30.3 Å². The summed E-state index contributed by atoms with van der Waals surface area (Å²) in [5.41, 5.74) is 2.77. The molecule has 2 aromatic carbocycles. The van der Waals surface area contributed by atoms with Crippen molar-refractivity contribution < 1.29 is 9.47 Å². The lowest BCUT2D eigenvalue weighted by Gasteiger charge is -2.52. The van der Waals surface area contributed by atoms with Crippen molar-refractivity contribution in [3.63, 3.8) is 0 Å². The van der Waals surface area contributed by atoms with E-state index in [1.807, 2.05) is 24.3 Å². The highest BCUT2D eigenvalue weighted by Crippen LogP contribution is 2.49. The molecule has 2 aromatic rings. The number of fused-ring (bicyclic) bond motifs is 4. The molecule has 0 unspecified atom stereocenters. The molecule has 1 fully saturated rings. The maximum absolute atomic E-state index is 6.48. The molecule has 1 N–H and O–H groups in total. The van der Waals surface area contributed by atoms with Crippen molar-refractivity contribution in [3.8, 4) is 11.5 Å². The molecule has 24 heavy (non-hydrogen) atoms. The molecular weight excluding hydrogens is 320 g/mol. The first-order valence-corrected chi connectivity index (χ1v) is 8.46. The summed E-state index contributed by atoms with van der Waals surface area (Å²) in [6.45, 7) is 4.18. The molecule has 0 spiro atoms. The van der Waals surface area contributed by atoms with Crippen molar-refractivity contribution in [3.05, 3.63) is 53.6 Å². The minimum Gasteiger partial charge on any atom is -0.493 e. The summed E-state index contributed by atoms with van der Waals surface area (Å²) >= 11 is 5.69. The van der Waals surface area contributed by atoms with Crippen LogP contribution in [0.15, 0.2) is 42.5 Å². The van der Waals surface area contributed by atoms with Gasteiger partial charge in [-0.15, -0.1) is 0 Å². The third-order valence-corrected chi connectivity index (χ3v) is 5.14. The minimum atomic E-state index is -0.555. The van der Waals surface area contributed by atoms with Crippen LogP contribution in [0.5, 0.6) is 11.5 Å². The summed E-state index contributed by atoms with van der Waals surface area (Å²) in [5.74, 6) is 1.55. The van der Waals surface area contributed by atoms with Gasteiger partial charge in [-0.2, -0.15) is 0 Å². The normalized spacial score (nSPS) is 24.7. The van der Waals surface area contributed by atoms with E-state index < -0.39 is 5.72 Å². The number of anilines is 1. The van der Waals surface area contributed by atoms with Crippen molar-refractivity contribution in [2.24, 2.45) is 0 Å². The van der Waals surface area contributed by atoms with Crippen LogP contribution in [0.1, 0.15) is 30.5 Å². The van der Waals surface area contributed by atoms with Crippen LogP contribution in [0.2, 0.25) is 0 Å². The largest absolute Gasteiger partial charge is 0.493 e. The second-order valence-electron chi connectivity index (χ2n) is 6.48. The van der Waals surface area contributed by atoms with Crippen LogP contribution in [0.3, 0.4) is 0 Å². The van der Waals surface area contributed by atoms with Gasteiger partial charge < -0.3 is 14.8 Å². The smallest absolute Gasteiger partial charge is 0.188 e. The Morgan fingerprint density at radius 3 is 2.79 bits per heavy atom. The Hall–Kier alpha value is -2.27. The minimum absolute atomic E-state index is 0.126. The van der Waals surface area contributed by atoms with Crippen molar-refractivity contribution in [1.29, 1.82) is 0 Å². The van der Waals surface area contributed by atoms with Gasteiger partial charge in [-0.25, -0.2) is 0 Å².